The van der Waals surface area contributed by atoms with Crippen molar-refractivity contribution in [1.82, 2.24) is 9.78 Å². The van der Waals surface area contributed by atoms with Gasteiger partial charge in [-0.25, -0.2) is 0 Å². The average Bonchev–Trinajstić information content (AvgIpc) is 2.64. The molecule has 0 atom stereocenters. The highest BCUT2D eigenvalue weighted by atomic mass is 15.3. The van der Waals surface area contributed by atoms with E-state index in [1.54, 1.807) is 0 Å². The second kappa shape index (κ2) is 5.91. The Kier molecular flexibility index (Phi) is 5.10. The van der Waals surface area contributed by atoms with Crippen LogP contribution in [-0.2, 0) is 23.8 Å². The van der Waals surface area contributed by atoms with E-state index in [4.69, 9.17) is 5.10 Å². The molecular weight excluding hydrogens is 244 g/mol. The Balaban J connectivity index is 3.41. The summed E-state index contributed by atoms with van der Waals surface area (Å²) in [7, 11) is 0. The zero-order valence-electron chi connectivity index (χ0n) is 15.1. The van der Waals surface area contributed by atoms with Crippen LogP contribution in [0.4, 0.5) is 0 Å². The fourth-order valence-corrected chi connectivity index (χ4v) is 2.85. The zero-order chi connectivity index (χ0) is 15.7. The Morgan fingerprint density at radius 1 is 1.00 bits per heavy atom. The number of hydrogen-bond donors (Lipinski definition) is 0. The molecule has 1 aromatic rings. The van der Waals surface area contributed by atoms with Gasteiger partial charge in [0.15, 0.2) is 0 Å². The van der Waals surface area contributed by atoms with Crippen molar-refractivity contribution in [3.05, 3.63) is 17.0 Å². The van der Waals surface area contributed by atoms with Gasteiger partial charge < -0.3 is 0 Å². The Morgan fingerprint density at radius 2 is 1.55 bits per heavy atom. The molecule has 1 aromatic heterocycles. The number of hydrogen-bond acceptors (Lipinski definition) is 1. The maximum atomic E-state index is 4.95. The molecule has 0 aliphatic heterocycles. The Hall–Kier alpha value is -0.790. The van der Waals surface area contributed by atoms with E-state index in [0.29, 0.717) is 0 Å². The lowest BCUT2D eigenvalue weighted by atomic mass is 9.77. The van der Waals surface area contributed by atoms with Crippen molar-refractivity contribution in [3.63, 3.8) is 0 Å². The van der Waals surface area contributed by atoms with Crippen LogP contribution in [0.3, 0.4) is 0 Å². The maximum absolute atomic E-state index is 4.95. The molecule has 0 radical (unpaired) electrons. The molecule has 1 rings (SSSR count). The summed E-state index contributed by atoms with van der Waals surface area (Å²) >= 11 is 0. The number of rotatable bonds is 4. The van der Waals surface area contributed by atoms with Gasteiger partial charge in [0.2, 0.25) is 0 Å². The molecule has 0 N–H and O–H groups in total. The van der Waals surface area contributed by atoms with E-state index < -0.39 is 0 Å². The summed E-state index contributed by atoms with van der Waals surface area (Å²) in [6.45, 7) is 21.7. The van der Waals surface area contributed by atoms with E-state index in [0.717, 1.165) is 18.9 Å². The summed E-state index contributed by atoms with van der Waals surface area (Å²) < 4.78 is 2.29. The van der Waals surface area contributed by atoms with Gasteiger partial charge in [-0.2, -0.15) is 5.10 Å². The van der Waals surface area contributed by atoms with Crippen LogP contribution in [0.15, 0.2) is 0 Å². The van der Waals surface area contributed by atoms with Gasteiger partial charge in [-0.05, 0) is 24.2 Å². The summed E-state index contributed by atoms with van der Waals surface area (Å²) in [4.78, 5) is 0. The maximum Gasteiger partial charge on any atom is 0.0662 e. The molecule has 0 aliphatic carbocycles. The van der Waals surface area contributed by atoms with Gasteiger partial charge in [0.25, 0.3) is 0 Å². The van der Waals surface area contributed by atoms with Crippen molar-refractivity contribution in [3.8, 4) is 0 Å². The highest BCUT2D eigenvalue weighted by Gasteiger charge is 2.32. The topological polar surface area (TPSA) is 17.8 Å². The van der Waals surface area contributed by atoms with Crippen LogP contribution in [-0.4, -0.2) is 9.78 Å². The predicted octanol–water partition coefficient (Wildman–Crippen LogP) is 5.09. The van der Waals surface area contributed by atoms with E-state index in [-0.39, 0.29) is 10.8 Å². The Morgan fingerprint density at radius 3 is 1.90 bits per heavy atom. The number of aryl methyl sites for hydroxylation is 2. The van der Waals surface area contributed by atoms with Gasteiger partial charge >= 0.3 is 0 Å². The van der Waals surface area contributed by atoms with Crippen molar-refractivity contribution in [2.45, 2.75) is 92.5 Å². The van der Waals surface area contributed by atoms with E-state index in [1.807, 2.05) is 0 Å². The standard InChI is InChI=1S/C18H34N2/c1-10-14-15(17(4,5)6)16(18(7,8)9)20(19-14)12-11-13(2)3/h13H,10-12H2,1-9H3. The lowest BCUT2D eigenvalue weighted by molar-refractivity contribution is 0.429. The third kappa shape index (κ3) is 3.86. The van der Waals surface area contributed by atoms with Crippen LogP contribution in [0.1, 0.15) is 85.7 Å². The van der Waals surface area contributed by atoms with Crippen LogP contribution in [0.25, 0.3) is 0 Å². The fourth-order valence-electron chi connectivity index (χ4n) is 2.85. The lowest BCUT2D eigenvalue weighted by Gasteiger charge is -2.28. The molecule has 20 heavy (non-hydrogen) atoms. The molecule has 0 unspecified atom stereocenters. The molecule has 0 spiro atoms. The predicted molar refractivity (Wildman–Crippen MR) is 88.5 cm³/mol. The van der Waals surface area contributed by atoms with Gasteiger partial charge in [-0.3, -0.25) is 4.68 Å². The van der Waals surface area contributed by atoms with E-state index in [2.05, 4.69) is 67.0 Å². The van der Waals surface area contributed by atoms with Crippen LogP contribution in [0.5, 0.6) is 0 Å². The van der Waals surface area contributed by atoms with Crippen LogP contribution in [0.2, 0.25) is 0 Å². The number of nitrogens with zero attached hydrogens (tertiary/aromatic N) is 2. The van der Waals surface area contributed by atoms with Crippen molar-refractivity contribution in [2.24, 2.45) is 5.92 Å². The fraction of sp³-hybridized carbons (Fsp3) is 0.833. The second-order valence-corrected chi connectivity index (χ2v) is 8.43. The monoisotopic (exact) mass is 278 g/mol. The van der Waals surface area contributed by atoms with Crippen molar-refractivity contribution in [1.29, 1.82) is 0 Å². The minimum atomic E-state index is 0.139. The van der Waals surface area contributed by atoms with E-state index >= 15 is 0 Å². The Bertz CT molecular complexity index is 439. The lowest BCUT2D eigenvalue weighted by Crippen LogP contribution is -2.25. The highest BCUT2D eigenvalue weighted by molar-refractivity contribution is 5.37. The second-order valence-electron chi connectivity index (χ2n) is 8.43. The molecule has 0 aliphatic rings. The Labute approximate surface area is 126 Å². The molecule has 2 nitrogen and oxygen atoms in total. The third-order valence-corrected chi connectivity index (χ3v) is 3.74. The van der Waals surface area contributed by atoms with Crippen LogP contribution in [0, 0.1) is 5.92 Å². The van der Waals surface area contributed by atoms with Gasteiger partial charge in [0, 0.05) is 23.2 Å². The van der Waals surface area contributed by atoms with Gasteiger partial charge in [0.05, 0.1) is 5.69 Å². The quantitative estimate of drug-likeness (QED) is 0.750. The van der Waals surface area contributed by atoms with Gasteiger partial charge in [-0.15, -0.1) is 0 Å². The molecule has 0 saturated heterocycles. The van der Waals surface area contributed by atoms with Crippen molar-refractivity contribution >= 4 is 0 Å². The molecule has 0 amide bonds. The largest absolute Gasteiger partial charge is 0.268 e. The van der Waals surface area contributed by atoms with Crippen molar-refractivity contribution < 1.29 is 0 Å². The van der Waals surface area contributed by atoms with Gasteiger partial charge in [0.1, 0.15) is 0 Å². The minimum Gasteiger partial charge on any atom is -0.268 e. The molecule has 0 saturated carbocycles. The molecule has 0 bridgehead atoms. The summed E-state index contributed by atoms with van der Waals surface area (Å²) in [5.74, 6) is 0.718. The summed E-state index contributed by atoms with van der Waals surface area (Å²) in [6, 6.07) is 0. The van der Waals surface area contributed by atoms with Crippen molar-refractivity contribution in [2.75, 3.05) is 0 Å². The summed E-state index contributed by atoms with van der Waals surface area (Å²) in [6.07, 6.45) is 2.21. The first-order valence-corrected chi connectivity index (χ1v) is 8.09. The SMILES string of the molecule is CCc1nn(CCC(C)C)c(C(C)(C)C)c1C(C)(C)C. The first-order chi connectivity index (χ1) is 8.98. The molecule has 2 heteroatoms. The molecular formula is C18H34N2. The number of aromatic nitrogens is 2. The summed E-state index contributed by atoms with van der Waals surface area (Å²) in [5, 5.41) is 4.95. The molecule has 0 aromatic carbocycles. The summed E-state index contributed by atoms with van der Waals surface area (Å²) in [5.41, 5.74) is 4.48. The highest BCUT2D eigenvalue weighted by Crippen LogP contribution is 2.36. The molecule has 116 valence electrons. The van der Waals surface area contributed by atoms with Crippen LogP contribution < -0.4 is 0 Å². The van der Waals surface area contributed by atoms with E-state index in [1.165, 1.54) is 23.4 Å². The van der Waals surface area contributed by atoms with Crippen LogP contribution >= 0.6 is 0 Å². The first-order valence-electron chi connectivity index (χ1n) is 8.09. The average molecular weight is 278 g/mol. The van der Waals surface area contributed by atoms with Gasteiger partial charge in [-0.1, -0.05) is 62.3 Å². The minimum absolute atomic E-state index is 0.139. The van der Waals surface area contributed by atoms with E-state index in [9.17, 15) is 0 Å². The first kappa shape index (κ1) is 17.3. The molecule has 1 heterocycles. The smallest absolute Gasteiger partial charge is 0.0662 e. The third-order valence-electron chi connectivity index (χ3n) is 3.74. The zero-order valence-corrected chi connectivity index (χ0v) is 15.1. The molecule has 0 fully saturated rings. The normalized spacial score (nSPS) is 13.3.